The first-order valence-electron chi connectivity index (χ1n) is 9.02. The zero-order valence-electron chi connectivity index (χ0n) is 14.5. The monoisotopic (exact) mass is 439 g/mol. The summed E-state index contributed by atoms with van der Waals surface area (Å²) in [6.45, 7) is 4.32. The van der Waals surface area contributed by atoms with Crippen molar-refractivity contribution in [1.82, 2.24) is 10.6 Å². The predicted octanol–water partition coefficient (Wildman–Crippen LogP) is 2.94. The second-order valence-corrected chi connectivity index (χ2v) is 6.43. The molecule has 0 bridgehead atoms. The molecule has 1 saturated heterocycles. The standard InChI is InChI=1S/C17H33N3O2.HI/c1-18-17(19-10-4-8-15-6-2-3-7-15)20-11-5-12-22-16-9-13-21-14-16;/h15-16H,2-14H2,1H3,(H2,18,19,20);1H. The Kier molecular flexibility index (Phi) is 12.1. The smallest absolute Gasteiger partial charge is 0.190 e. The average Bonchev–Trinajstić information content (AvgIpc) is 3.22. The van der Waals surface area contributed by atoms with Gasteiger partial charge in [-0.25, -0.2) is 0 Å². The van der Waals surface area contributed by atoms with Crippen molar-refractivity contribution < 1.29 is 9.47 Å². The molecule has 0 aromatic carbocycles. The molecular weight excluding hydrogens is 405 g/mol. The molecule has 0 radical (unpaired) electrons. The highest BCUT2D eigenvalue weighted by Gasteiger charge is 2.15. The minimum absolute atomic E-state index is 0. The lowest BCUT2D eigenvalue weighted by Gasteiger charge is -2.14. The molecule has 1 saturated carbocycles. The Morgan fingerprint density at radius 2 is 1.87 bits per heavy atom. The SMILES string of the molecule is CN=C(NCCCOC1CCOC1)NCCCC1CCCC1.I. The summed E-state index contributed by atoms with van der Waals surface area (Å²) in [6.07, 6.45) is 10.7. The number of ether oxygens (including phenoxy) is 2. The minimum atomic E-state index is 0. The molecule has 0 spiro atoms. The first-order valence-corrected chi connectivity index (χ1v) is 9.02. The van der Waals surface area contributed by atoms with Gasteiger partial charge >= 0.3 is 0 Å². The molecule has 1 atom stereocenters. The molecule has 1 aliphatic heterocycles. The van der Waals surface area contributed by atoms with Gasteiger partial charge in [-0.1, -0.05) is 25.7 Å². The minimum Gasteiger partial charge on any atom is -0.379 e. The topological polar surface area (TPSA) is 54.9 Å². The fourth-order valence-corrected chi connectivity index (χ4v) is 3.29. The molecule has 0 amide bonds. The average molecular weight is 439 g/mol. The second-order valence-electron chi connectivity index (χ2n) is 6.43. The molecule has 1 unspecified atom stereocenters. The van der Waals surface area contributed by atoms with Crippen LogP contribution in [-0.4, -0.2) is 52.0 Å². The maximum absolute atomic E-state index is 5.75. The molecule has 0 aromatic heterocycles. The van der Waals surface area contributed by atoms with Crippen molar-refractivity contribution >= 4 is 29.9 Å². The van der Waals surface area contributed by atoms with Crippen LogP contribution in [-0.2, 0) is 9.47 Å². The number of aliphatic imine (C=N–C) groups is 1. The van der Waals surface area contributed by atoms with E-state index in [1.54, 1.807) is 0 Å². The Morgan fingerprint density at radius 3 is 2.52 bits per heavy atom. The van der Waals surface area contributed by atoms with E-state index in [9.17, 15) is 0 Å². The Balaban J connectivity index is 0.00000264. The number of guanidine groups is 1. The van der Waals surface area contributed by atoms with Crippen molar-refractivity contribution in [3.05, 3.63) is 0 Å². The van der Waals surface area contributed by atoms with Gasteiger partial charge in [0.05, 0.1) is 12.7 Å². The van der Waals surface area contributed by atoms with E-state index in [-0.39, 0.29) is 24.0 Å². The maximum Gasteiger partial charge on any atom is 0.190 e. The summed E-state index contributed by atoms with van der Waals surface area (Å²) in [7, 11) is 1.83. The summed E-state index contributed by atoms with van der Waals surface area (Å²) in [4.78, 5) is 4.27. The summed E-state index contributed by atoms with van der Waals surface area (Å²) in [5.74, 6) is 1.89. The molecule has 1 aliphatic carbocycles. The Morgan fingerprint density at radius 1 is 1.13 bits per heavy atom. The van der Waals surface area contributed by atoms with E-state index in [1.165, 1.54) is 38.5 Å². The second kappa shape index (κ2) is 13.2. The lowest BCUT2D eigenvalue weighted by Crippen LogP contribution is -2.38. The number of nitrogens with one attached hydrogen (secondary N) is 2. The molecule has 5 nitrogen and oxygen atoms in total. The van der Waals surface area contributed by atoms with E-state index in [1.807, 2.05) is 7.05 Å². The van der Waals surface area contributed by atoms with Crippen LogP contribution in [0.1, 0.15) is 51.4 Å². The van der Waals surface area contributed by atoms with Crippen LogP contribution in [0.4, 0.5) is 0 Å². The third-order valence-corrected chi connectivity index (χ3v) is 4.63. The van der Waals surface area contributed by atoms with Crippen molar-refractivity contribution in [2.24, 2.45) is 10.9 Å². The van der Waals surface area contributed by atoms with Crippen LogP contribution in [0.5, 0.6) is 0 Å². The van der Waals surface area contributed by atoms with Crippen LogP contribution in [0, 0.1) is 5.92 Å². The van der Waals surface area contributed by atoms with Crippen molar-refractivity contribution in [3.63, 3.8) is 0 Å². The summed E-state index contributed by atoms with van der Waals surface area (Å²) in [5, 5.41) is 6.75. The van der Waals surface area contributed by atoms with Gasteiger partial charge in [-0.05, 0) is 31.6 Å². The highest BCUT2D eigenvalue weighted by molar-refractivity contribution is 14.0. The van der Waals surface area contributed by atoms with Crippen LogP contribution in [0.2, 0.25) is 0 Å². The van der Waals surface area contributed by atoms with E-state index in [0.29, 0.717) is 6.10 Å². The largest absolute Gasteiger partial charge is 0.379 e. The number of rotatable bonds is 9. The van der Waals surface area contributed by atoms with Gasteiger partial charge in [0.25, 0.3) is 0 Å². The normalized spacial score (nSPS) is 22.1. The Bertz CT molecular complexity index is 317. The molecule has 6 heteroatoms. The molecular formula is C17H34IN3O2. The van der Waals surface area contributed by atoms with Gasteiger partial charge in [0.1, 0.15) is 0 Å². The number of hydrogen-bond donors (Lipinski definition) is 2. The predicted molar refractivity (Wildman–Crippen MR) is 106 cm³/mol. The summed E-state index contributed by atoms with van der Waals surface area (Å²) >= 11 is 0. The van der Waals surface area contributed by atoms with E-state index in [2.05, 4.69) is 15.6 Å². The molecule has 1 heterocycles. The van der Waals surface area contributed by atoms with Crippen LogP contribution < -0.4 is 10.6 Å². The third-order valence-electron chi connectivity index (χ3n) is 4.63. The maximum atomic E-state index is 5.75. The lowest BCUT2D eigenvalue weighted by atomic mass is 10.0. The van der Waals surface area contributed by atoms with Gasteiger partial charge < -0.3 is 20.1 Å². The van der Waals surface area contributed by atoms with Gasteiger partial charge in [0.2, 0.25) is 0 Å². The van der Waals surface area contributed by atoms with Gasteiger partial charge in [-0.3, -0.25) is 4.99 Å². The van der Waals surface area contributed by atoms with E-state index in [4.69, 9.17) is 9.47 Å². The molecule has 2 N–H and O–H groups in total. The molecule has 23 heavy (non-hydrogen) atoms. The van der Waals surface area contributed by atoms with Crippen LogP contribution in [0.25, 0.3) is 0 Å². The van der Waals surface area contributed by atoms with Crippen molar-refractivity contribution in [1.29, 1.82) is 0 Å². The highest BCUT2D eigenvalue weighted by atomic mass is 127. The Hall–Kier alpha value is -0.0800. The van der Waals surface area contributed by atoms with Crippen molar-refractivity contribution in [2.45, 2.75) is 57.5 Å². The molecule has 136 valence electrons. The van der Waals surface area contributed by atoms with E-state index < -0.39 is 0 Å². The summed E-state index contributed by atoms with van der Waals surface area (Å²) in [6, 6.07) is 0. The quantitative estimate of drug-likeness (QED) is 0.251. The van der Waals surface area contributed by atoms with Crippen LogP contribution in [0.3, 0.4) is 0 Å². The third kappa shape index (κ3) is 9.10. The van der Waals surface area contributed by atoms with Crippen molar-refractivity contribution in [2.75, 3.05) is 40.0 Å². The zero-order chi connectivity index (χ0) is 15.5. The van der Waals surface area contributed by atoms with E-state index in [0.717, 1.165) is 57.6 Å². The fourth-order valence-electron chi connectivity index (χ4n) is 3.29. The first kappa shape index (κ1) is 21.0. The number of nitrogens with zero attached hydrogens (tertiary/aromatic N) is 1. The zero-order valence-corrected chi connectivity index (χ0v) is 16.8. The van der Waals surface area contributed by atoms with E-state index >= 15 is 0 Å². The number of halogens is 1. The number of hydrogen-bond acceptors (Lipinski definition) is 3. The van der Waals surface area contributed by atoms with Gasteiger partial charge in [-0.2, -0.15) is 0 Å². The molecule has 2 aliphatic rings. The lowest BCUT2D eigenvalue weighted by molar-refractivity contribution is 0.0420. The molecule has 0 aromatic rings. The van der Waals surface area contributed by atoms with Crippen LogP contribution >= 0.6 is 24.0 Å². The van der Waals surface area contributed by atoms with Crippen molar-refractivity contribution in [3.8, 4) is 0 Å². The highest BCUT2D eigenvalue weighted by Crippen LogP contribution is 2.28. The Labute approximate surface area is 158 Å². The van der Waals surface area contributed by atoms with Gasteiger partial charge in [-0.15, -0.1) is 24.0 Å². The molecule has 2 rings (SSSR count). The van der Waals surface area contributed by atoms with Gasteiger partial charge in [0.15, 0.2) is 5.96 Å². The summed E-state index contributed by atoms with van der Waals surface area (Å²) in [5.41, 5.74) is 0. The van der Waals surface area contributed by atoms with Gasteiger partial charge in [0, 0.05) is 33.4 Å². The first-order chi connectivity index (χ1) is 10.9. The van der Waals surface area contributed by atoms with Crippen LogP contribution in [0.15, 0.2) is 4.99 Å². The molecule has 2 fully saturated rings. The fraction of sp³-hybridized carbons (Fsp3) is 0.941. The summed E-state index contributed by atoms with van der Waals surface area (Å²) < 4.78 is 11.0.